The van der Waals surface area contributed by atoms with E-state index in [4.69, 9.17) is 15.0 Å². The van der Waals surface area contributed by atoms with Crippen molar-refractivity contribution in [3.63, 3.8) is 0 Å². The molecule has 3 rings (SSSR count). The maximum atomic E-state index is 5.94. The van der Waals surface area contributed by atoms with Gasteiger partial charge < -0.3 is 19.6 Å². The minimum atomic E-state index is 0.265. The van der Waals surface area contributed by atoms with Crippen molar-refractivity contribution in [2.75, 3.05) is 12.8 Å². The van der Waals surface area contributed by atoms with Crippen LogP contribution in [0, 0.1) is 6.92 Å². The zero-order valence-electron chi connectivity index (χ0n) is 12.1. The van der Waals surface area contributed by atoms with Crippen LogP contribution in [0.4, 0.5) is 5.88 Å². The van der Waals surface area contributed by atoms with Gasteiger partial charge in [-0.25, -0.2) is 4.98 Å². The lowest BCUT2D eigenvalue weighted by atomic mass is 10.0. The number of anilines is 1. The van der Waals surface area contributed by atoms with Gasteiger partial charge in [-0.2, -0.15) is 0 Å². The highest BCUT2D eigenvalue weighted by Crippen LogP contribution is 2.37. The standard InChI is InChI=1S/C15H16N4O2/c1-9-4-5-10(6-12(9)20-3)13-14(18-21-15(13)16)11-7-19(2)8-17-11/h4-8H,16H2,1-3H3. The van der Waals surface area contributed by atoms with E-state index in [2.05, 4.69) is 10.1 Å². The van der Waals surface area contributed by atoms with Crippen molar-refractivity contribution in [1.29, 1.82) is 0 Å². The number of aryl methyl sites for hydroxylation is 2. The molecule has 0 atom stereocenters. The summed E-state index contributed by atoms with van der Waals surface area (Å²) in [6.07, 6.45) is 3.58. The van der Waals surface area contributed by atoms with Crippen molar-refractivity contribution in [2.24, 2.45) is 7.05 Å². The van der Waals surface area contributed by atoms with Crippen LogP contribution in [0.25, 0.3) is 22.5 Å². The molecule has 0 aliphatic rings. The molecule has 0 saturated heterocycles. The Morgan fingerprint density at radius 1 is 1.33 bits per heavy atom. The molecule has 0 amide bonds. The van der Waals surface area contributed by atoms with E-state index >= 15 is 0 Å². The van der Waals surface area contributed by atoms with Gasteiger partial charge in [0.05, 0.1) is 19.0 Å². The first-order valence-corrected chi connectivity index (χ1v) is 6.48. The number of aromatic nitrogens is 3. The van der Waals surface area contributed by atoms with Gasteiger partial charge in [-0.15, -0.1) is 0 Å². The van der Waals surface area contributed by atoms with Gasteiger partial charge in [-0.05, 0) is 24.1 Å². The largest absolute Gasteiger partial charge is 0.496 e. The first-order valence-electron chi connectivity index (χ1n) is 6.48. The summed E-state index contributed by atoms with van der Waals surface area (Å²) < 4.78 is 12.4. The van der Waals surface area contributed by atoms with Crippen LogP contribution in [0.5, 0.6) is 5.75 Å². The quantitative estimate of drug-likeness (QED) is 0.799. The number of rotatable bonds is 3. The lowest BCUT2D eigenvalue weighted by molar-refractivity contribution is 0.412. The Morgan fingerprint density at radius 2 is 2.14 bits per heavy atom. The van der Waals surface area contributed by atoms with Crippen molar-refractivity contribution in [3.8, 4) is 28.3 Å². The second kappa shape index (κ2) is 4.97. The number of hydrogen-bond donors (Lipinski definition) is 1. The highest BCUT2D eigenvalue weighted by molar-refractivity contribution is 5.86. The molecule has 0 aliphatic carbocycles. The van der Waals surface area contributed by atoms with Gasteiger partial charge in [-0.1, -0.05) is 17.3 Å². The summed E-state index contributed by atoms with van der Waals surface area (Å²) in [4.78, 5) is 4.30. The molecule has 6 nitrogen and oxygen atoms in total. The first kappa shape index (κ1) is 13.2. The number of nitrogens with two attached hydrogens (primary N) is 1. The Morgan fingerprint density at radius 3 is 2.81 bits per heavy atom. The van der Waals surface area contributed by atoms with Crippen molar-refractivity contribution in [1.82, 2.24) is 14.7 Å². The third-order valence-corrected chi connectivity index (χ3v) is 3.36. The predicted octanol–water partition coefficient (Wildman–Crippen LogP) is 2.64. The van der Waals surface area contributed by atoms with Crippen molar-refractivity contribution >= 4 is 5.88 Å². The van der Waals surface area contributed by atoms with Crippen LogP contribution >= 0.6 is 0 Å². The summed E-state index contributed by atoms with van der Waals surface area (Å²) in [5, 5.41) is 4.04. The summed E-state index contributed by atoms with van der Waals surface area (Å²) >= 11 is 0. The van der Waals surface area contributed by atoms with E-state index in [1.165, 1.54) is 0 Å². The summed E-state index contributed by atoms with van der Waals surface area (Å²) in [6.45, 7) is 1.99. The fraction of sp³-hybridized carbons (Fsp3) is 0.200. The van der Waals surface area contributed by atoms with Crippen LogP contribution in [0.15, 0.2) is 35.2 Å². The number of nitrogen functional groups attached to an aromatic ring is 1. The van der Waals surface area contributed by atoms with Gasteiger partial charge in [0.1, 0.15) is 17.1 Å². The zero-order chi connectivity index (χ0) is 15.0. The second-order valence-electron chi connectivity index (χ2n) is 4.88. The molecule has 108 valence electrons. The maximum absolute atomic E-state index is 5.94. The summed E-state index contributed by atoms with van der Waals surface area (Å²) in [5.41, 5.74) is 9.95. The SMILES string of the molecule is COc1cc(-c2c(-c3cn(C)cn3)noc2N)ccc1C. The Kier molecular flexibility index (Phi) is 3.13. The van der Waals surface area contributed by atoms with Crippen molar-refractivity contribution < 1.29 is 9.26 Å². The van der Waals surface area contributed by atoms with E-state index in [1.807, 2.05) is 42.9 Å². The topological polar surface area (TPSA) is 79.1 Å². The zero-order valence-corrected chi connectivity index (χ0v) is 12.1. The van der Waals surface area contributed by atoms with Gasteiger partial charge in [0.25, 0.3) is 0 Å². The summed E-state index contributed by atoms with van der Waals surface area (Å²) in [6, 6.07) is 5.86. The highest BCUT2D eigenvalue weighted by atomic mass is 16.5. The maximum Gasteiger partial charge on any atom is 0.230 e. The van der Waals surface area contributed by atoms with Crippen LogP contribution in [0.1, 0.15) is 5.56 Å². The van der Waals surface area contributed by atoms with Gasteiger partial charge >= 0.3 is 0 Å². The molecule has 0 aliphatic heterocycles. The second-order valence-corrected chi connectivity index (χ2v) is 4.88. The first-order chi connectivity index (χ1) is 10.1. The smallest absolute Gasteiger partial charge is 0.230 e. The number of nitrogens with zero attached hydrogens (tertiary/aromatic N) is 3. The normalized spacial score (nSPS) is 10.8. The van der Waals surface area contributed by atoms with E-state index in [9.17, 15) is 0 Å². The lowest BCUT2D eigenvalue weighted by Gasteiger charge is -2.07. The molecular weight excluding hydrogens is 268 g/mol. The molecule has 0 saturated carbocycles. The van der Waals surface area contributed by atoms with Gasteiger partial charge in [0.2, 0.25) is 5.88 Å². The molecule has 2 heterocycles. The highest BCUT2D eigenvalue weighted by Gasteiger charge is 2.19. The van der Waals surface area contributed by atoms with Crippen molar-refractivity contribution in [3.05, 3.63) is 36.3 Å². The monoisotopic (exact) mass is 284 g/mol. The van der Waals surface area contributed by atoms with Gasteiger partial charge in [0, 0.05) is 13.2 Å². The Hall–Kier alpha value is -2.76. The molecule has 0 unspecified atom stereocenters. The minimum absolute atomic E-state index is 0.265. The summed E-state index contributed by atoms with van der Waals surface area (Å²) in [7, 11) is 3.54. The molecular formula is C15H16N4O2. The Bertz CT molecular complexity index is 789. The molecule has 2 N–H and O–H groups in total. The molecule has 3 aromatic rings. The number of imidazole rings is 1. The Balaban J connectivity index is 2.17. The van der Waals surface area contributed by atoms with Gasteiger partial charge in [0.15, 0.2) is 0 Å². The van der Waals surface area contributed by atoms with Crippen molar-refractivity contribution in [2.45, 2.75) is 6.92 Å². The fourth-order valence-corrected chi connectivity index (χ4v) is 2.27. The predicted molar refractivity (Wildman–Crippen MR) is 79.8 cm³/mol. The van der Waals surface area contributed by atoms with E-state index in [1.54, 1.807) is 13.4 Å². The minimum Gasteiger partial charge on any atom is -0.496 e. The molecule has 21 heavy (non-hydrogen) atoms. The van der Waals surface area contributed by atoms with E-state index in [-0.39, 0.29) is 5.88 Å². The van der Waals surface area contributed by atoms with Crippen LogP contribution in [-0.4, -0.2) is 21.8 Å². The fourth-order valence-electron chi connectivity index (χ4n) is 2.27. The molecule has 0 spiro atoms. The average molecular weight is 284 g/mol. The van der Waals surface area contributed by atoms with Crippen LogP contribution in [-0.2, 0) is 7.05 Å². The number of ether oxygens (including phenoxy) is 1. The lowest BCUT2D eigenvalue weighted by Crippen LogP contribution is -1.91. The van der Waals surface area contributed by atoms with E-state index in [0.29, 0.717) is 11.4 Å². The molecule has 0 bridgehead atoms. The van der Waals surface area contributed by atoms with Gasteiger partial charge in [-0.3, -0.25) is 0 Å². The molecule has 0 fully saturated rings. The molecule has 1 aromatic carbocycles. The molecule has 2 aromatic heterocycles. The summed E-state index contributed by atoms with van der Waals surface area (Å²) in [5.74, 6) is 1.06. The number of methoxy groups -OCH3 is 1. The van der Waals surface area contributed by atoms with Crippen LogP contribution < -0.4 is 10.5 Å². The van der Waals surface area contributed by atoms with E-state index < -0.39 is 0 Å². The average Bonchev–Trinajstić information content (AvgIpc) is 3.05. The third-order valence-electron chi connectivity index (χ3n) is 3.36. The number of benzene rings is 1. The molecule has 0 radical (unpaired) electrons. The Labute approximate surface area is 122 Å². The third kappa shape index (κ3) is 2.24. The number of hydrogen-bond acceptors (Lipinski definition) is 5. The molecule has 6 heteroatoms. The van der Waals surface area contributed by atoms with Crippen LogP contribution in [0.2, 0.25) is 0 Å². The van der Waals surface area contributed by atoms with E-state index in [0.717, 1.165) is 22.4 Å². The van der Waals surface area contributed by atoms with Crippen LogP contribution in [0.3, 0.4) is 0 Å².